The van der Waals surface area contributed by atoms with Gasteiger partial charge < -0.3 is 10.2 Å². The van der Waals surface area contributed by atoms with Crippen LogP contribution < -0.4 is 10.2 Å². The first kappa shape index (κ1) is 20.5. The summed E-state index contributed by atoms with van der Waals surface area (Å²) in [6.07, 6.45) is 2.52. The first-order chi connectivity index (χ1) is 15.0. The lowest BCUT2D eigenvalue weighted by molar-refractivity contribution is -0.116. The third kappa shape index (κ3) is 4.19. The Labute approximate surface area is 188 Å². The topological polar surface area (TPSA) is 48.5 Å². The van der Waals surface area contributed by atoms with Crippen molar-refractivity contribution in [3.8, 4) is 0 Å². The summed E-state index contributed by atoms with van der Waals surface area (Å²) >= 11 is 1.60. The molecule has 0 saturated carbocycles. The maximum absolute atomic E-state index is 12.0. The number of rotatable bonds is 4. The number of anilines is 2. The molecule has 0 aliphatic carbocycles. The molecule has 1 amide bonds. The number of piperazine rings is 1. The van der Waals surface area contributed by atoms with E-state index in [1.807, 2.05) is 0 Å². The van der Waals surface area contributed by atoms with Crippen molar-refractivity contribution in [1.82, 2.24) is 9.27 Å². The van der Waals surface area contributed by atoms with E-state index in [-0.39, 0.29) is 11.3 Å². The van der Waals surface area contributed by atoms with E-state index < -0.39 is 0 Å². The molecule has 31 heavy (non-hydrogen) atoms. The lowest BCUT2D eigenvalue weighted by atomic mass is 9.79. The fourth-order valence-corrected chi connectivity index (χ4v) is 5.56. The van der Waals surface area contributed by atoms with Crippen LogP contribution in [0.15, 0.2) is 42.5 Å². The molecule has 162 valence electrons. The average molecular weight is 435 g/mol. The fourth-order valence-electron chi connectivity index (χ4n) is 4.76. The van der Waals surface area contributed by atoms with Crippen LogP contribution in [0.25, 0.3) is 10.1 Å². The second kappa shape index (κ2) is 8.24. The van der Waals surface area contributed by atoms with E-state index >= 15 is 0 Å². The predicted octanol–water partition coefficient (Wildman–Crippen LogP) is 4.67. The summed E-state index contributed by atoms with van der Waals surface area (Å²) in [6.45, 7) is 9.75. The molecule has 5 nitrogen and oxygen atoms in total. The van der Waals surface area contributed by atoms with Gasteiger partial charge in [0.15, 0.2) is 0 Å². The van der Waals surface area contributed by atoms with Crippen molar-refractivity contribution in [3.63, 3.8) is 0 Å². The molecule has 1 saturated heterocycles. The molecule has 2 aliphatic heterocycles. The first-order valence-corrected chi connectivity index (χ1v) is 12.0. The molecule has 1 aromatic heterocycles. The summed E-state index contributed by atoms with van der Waals surface area (Å²) in [6, 6.07) is 15.1. The molecule has 5 rings (SSSR count). The molecule has 3 heterocycles. The average Bonchev–Trinajstić information content (AvgIpc) is 3.17. The van der Waals surface area contributed by atoms with Crippen LogP contribution in [0.1, 0.15) is 37.8 Å². The van der Waals surface area contributed by atoms with Crippen molar-refractivity contribution in [2.75, 3.05) is 42.9 Å². The standard InChI is InChI=1S/C25H30N4OS/c1-25(2)11-9-23(30)26-21-8-7-18(17-20(21)25)10-12-28-13-15-29(16-14-28)24-19-5-3-4-6-22(19)31-27-24/h3-8,17H,9-16H2,1-2H3,(H,26,30). The van der Waals surface area contributed by atoms with Crippen LogP contribution in [-0.4, -0.2) is 47.9 Å². The van der Waals surface area contributed by atoms with Crippen molar-refractivity contribution in [1.29, 1.82) is 0 Å². The van der Waals surface area contributed by atoms with Gasteiger partial charge in [-0.05, 0) is 59.1 Å². The number of amides is 1. The van der Waals surface area contributed by atoms with Gasteiger partial charge in [-0.15, -0.1) is 0 Å². The molecule has 1 fully saturated rings. The molecule has 0 bridgehead atoms. The largest absolute Gasteiger partial charge is 0.353 e. The normalized spacial score (nSPS) is 19.2. The molecular weight excluding hydrogens is 404 g/mol. The van der Waals surface area contributed by atoms with Crippen LogP contribution in [0.3, 0.4) is 0 Å². The van der Waals surface area contributed by atoms with Gasteiger partial charge in [-0.3, -0.25) is 9.69 Å². The Morgan fingerprint density at radius 1 is 1.10 bits per heavy atom. The van der Waals surface area contributed by atoms with E-state index in [1.165, 1.54) is 21.2 Å². The summed E-state index contributed by atoms with van der Waals surface area (Å²) in [7, 11) is 0. The summed E-state index contributed by atoms with van der Waals surface area (Å²) in [4.78, 5) is 17.0. The van der Waals surface area contributed by atoms with Gasteiger partial charge in [-0.1, -0.05) is 38.1 Å². The minimum absolute atomic E-state index is 0.0203. The highest BCUT2D eigenvalue weighted by molar-refractivity contribution is 7.13. The lowest BCUT2D eigenvalue weighted by Gasteiger charge is -2.35. The van der Waals surface area contributed by atoms with Crippen LogP contribution in [0.2, 0.25) is 0 Å². The van der Waals surface area contributed by atoms with Crippen molar-refractivity contribution in [3.05, 3.63) is 53.6 Å². The molecular formula is C25H30N4OS. The number of hydrogen-bond donors (Lipinski definition) is 1. The van der Waals surface area contributed by atoms with E-state index in [0.717, 1.165) is 57.1 Å². The fraction of sp³-hybridized carbons (Fsp3) is 0.440. The van der Waals surface area contributed by atoms with Gasteiger partial charge in [0, 0.05) is 50.2 Å². The Bertz CT molecular complexity index is 1100. The molecule has 0 spiro atoms. The van der Waals surface area contributed by atoms with Gasteiger partial charge in [0.05, 0.1) is 4.70 Å². The monoisotopic (exact) mass is 434 g/mol. The van der Waals surface area contributed by atoms with Crippen LogP contribution in [-0.2, 0) is 16.6 Å². The Morgan fingerprint density at radius 3 is 2.74 bits per heavy atom. The second-order valence-corrected chi connectivity index (χ2v) is 10.2. The highest BCUT2D eigenvalue weighted by atomic mass is 32.1. The summed E-state index contributed by atoms with van der Waals surface area (Å²) in [5.74, 6) is 1.28. The number of carbonyl (C=O) groups is 1. The molecule has 2 aliphatic rings. The highest BCUT2D eigenvalue weighted by Gasteiger charge is 2.29. The molecule has 3 aromatic rings. The lowest BCUT2D eigenvalue weighted by Crippen LogP contribution is -2.47. The zero-order valence-corrected chi connectivity index (χ0v) is 19.2. The summed E-state index contributed by atoms with van der Waals surface area (Å²) < 4.78 is 5.99. The maximum atomic E-state index is 12.0. The quantitative estimate of drug-likeness (QED) is 0.648. The highest BCUT2D eigenvalue weighted by Crippen LogP contribution is 2.37. The number of benzene rings is 2. The zero-order chi connectivity index (χ0) is 21.4. The zero-order valence-electron chi connectivity index (χ0n) is 18.4. The van der Waals surface area contributed by atoms with Gasteiger partial charge in [0.1, 0.15) is 5.82 Å². The van der Waals surface area contributed by atoms with Gasteiger partial charge in [0.25, 0.3) is 0 Å². The minimum atomic E-state index is 0.0203. The van der Waals surface area contributed by atoms with E-state index in [0.29, 0.717) is 6.42 Å². The van der Waals surface area contributed by atoms with E-state index in [2.05, 4.69) is 71.4 Å². The maximum Gasteiger partial charge on any atom is 0.224 e. The molecule has 0 radical (unpaired) electrons. The van der Waals surface area contributed by atoms with Crippen molar-refractivity contribution in [2.24, 2.45) is 0 Å². The van der Waals surface area contributed by atoms with Gasteiger partial charge in [0.2, 0.25) is 5.91 Å². The van der Waals surface area contributed by atoms with Crippen LogP contribution in [0, 0.1) is 0 Å². The number of hydrogen-bond acceptors (Lipinski definition) is 5. The minimum Gasteiger partial charge on any atom is -0.353 e. The smallest absolute Gasteiger partial charge is 0.224 e. The van der Waals surface area contributed by atoms with Crippen LogP contribution in [0.4, 0.5) is 11.5 Å². The molecule has 2 aromatic carbocycles. The number of aromatic nitrogens is 1. The van der Waals surface area contributed by atoms with Gasteiger partial charge >= 0.3 is 0 Å². The van der Waals surface area contributed by atoms with Crippen molar-refractivity contribution < 1.29 is 4.79 Å². The van der Waals surface area contributed by atoms with Crippen molar-refractivity contribution in [2.45, 2.75) is 38.5 Å². The Kier molecular flexibility index (Phi) is 5.44. The van der Waals surface area contributed by atoms with Gasteiger partial charge in [-0.25, -0.2) is 0 Å². The second-order valence-electron chi connectivity index (χ2n) is 9.39. The molecule has 0 unspecified atom stereocenters. The van der Waals surface area contributed by atoms with Crippen LogP contribution in [0.5, 0.6) is 0 Å². The summed E-state index contributed by atoms with van der Waals surface area (Å²) in [5, 5.41) is 4.36. The molecule has 0 atom stereocenters. The number of fused-ring (bicyclic) bond motifs is 2. The van der Waals surface area contributed by atoms with E-state index in [4.69, 9.17) is 4.37 Å². The third-order valence-electron chi connectivity index (χ3n) is 6.81. The number of nitrogens with zero attached hydrogens (tertiary/aromatic N) is 3. The Hall–Kier alpha value is -2.44. The first-order valence-electron chi connectivity index (χ1n) is 11.2. The Balaban J connectivity index is 1.21. The Morgan fingerprint density at radius 2 is 1.90 bits per heavy atom. The van der Waals surface area contributed by atoms with Crippen LogP contribution >= 0.6 is 11.5 Å². The SMILES string of the molecule is CC1(C)CCC(=O)Nc2ccc(CCN3CCN(c4nsc5ccccc45)CC3)cc21. The predicted molar refractivity (Wildman–Crippen MR) is 129 cm³/mol. The third-order valence-corrected chi connectivity index (χ3v) is 7.63. The number of nitrogens with one attached hydrogen (secondary N) is 1. The van der Waals surface area contributed by atoms with E-state index in [9.17, 15) is 4.79 Å². The van der Waals surface area contributed by atoms with E-state index in [1.54, 1.807) is 11.5 Å². The molecule has 6 heteroatoms. The van der Waals surface area contributed by atoms with Crippen molar-refractivity contribution >= 4 is 39.0 Å². The van der Waals surface area contributed by atoms with Gasteiger partial charge in [-0.2, -0.15) is 4.37 Å². The molecule has 1 N–H and O–H groups in total. The summed E-state index contributed by atoms with van der Waals surface area (Å²) in [5.41, 5.74) is 3.64. The number of carbonyl (C=O) groups excluding carboxylic acids is 1.